The molecule has 11 heavy (non-hydrogen) atoms. The third-order valence-electron chi connectivity index (χ3n) is 1.54. The van der Waals surface area contributed by atoms with Gasteiger partial charge >= 0.3 is 5.95 Å². The van der Waals surface area contributed by atoms with Crippen molar-refractivity contribution in [3.05, 3.63) is 24.3 Å². The summed E-state index contributed by atoms with van der Waals surface area (Å²) in [5.74, 6) is 0.473. The van der Waals surface area contributed by atoms with E-state index in [0.29, 0.717) is 5.95 Å². The maximum atomic E-state index is 4.94. The van der Waals surface area contributed by atoms with Crippen LogP contribution in [0.1, 0.15) is 0 Å². The van der Waals surface area contributed by atoms with Crippen molar-refractivity contribution >= 4 is 10.9 Å². The highest BCUT2D eigenvalue weighted by atomic mass is 16.6. The molecule has 1 heterocycles. The number of ether oxygens (including phenoxy) is 1. The summed E-state index contributed by atoms with van der Waals surface area (Å²) in [6.07, 6.45) is 0. The van der Waals surface area contributed by atoms with Gasteiger partial charge in [0.25, 0.3) is 0 Å². The molecule has 0 atom stereocenters. The fourth-order valence-electron chi connectivity index (χ4n) is 1.01. The van der Waals surface area contributed by atoms with Crippen LogP contribution in [0.4, 0.5) is 0 Å². The van der Waals surface area contributed by atoms with E-state index in [9.17, 15) is 0 Å². The van der Waals surface area contributed by atoms with Crippen molar-refractivity contribution < 1.29 is 9.26 Å². The van der Waals surface area contributed by atoms with Crippen molar-refractivity contribution in [3.63, 3.8) is 0 Å². The van der Waals surface area contributed by atoms with E-state index in [1.165, 1.54) is 0 Å². The van der Waals surface area contributed by atoms with Crippen molar-refractivity contribution in [1.82, 2.24) is 5.16 Å². The minimum atomic E-state index is 0.473. The molecule has 0 saturated heterocycles. The molecule has 0 fully saturated rings. The lowest BCUT2D eigenvalue weighted by atomic mass is 10.2. The van der Waals surface area contributed by atoms with Gasteiger partial charge in [-0.3, -0.25) is 0 Å². The van der Waals surface area contributed by atoms with E-state index in [1.54, 1.807) is 7.11 Å². The molecule has 0 spiro atoms. The standard InChI is InChI=1S/C8H7NO2/c1-10-8-6-4-2-3-5-7(6)9-11-8/h2-5H,1H3. The SMILES string of the molecule is COc1onc2ccccc12. The zero-order valence-corrected chi connectivity index (χ0v) is 6.07. The van der Waals surface area contributed by atoms with Gasteiger partial charge in [0.05, 0.1) is 12.5 Å². The average molecular weight is 149 g/mol. The van der Waals surface area contributed by atoms with Crippen LogP contribution in [-0.4, -0.2) is 12.3 Å². The minimum Gasteiger partial charge on any atom is -0.467 e. The van der Waals surface area contributed by atoms with Gasteiger partial charge < -0.3 is 9.26 Å². The number of aromatic nitrogens is 1. The summed E-state index contributed by atoms with van der Waals surface area (Å²) in [5, 5.41) is 4.70. The molecule has 2 rings (SSSR count). The lowest BCUT2D eigenvalue weighted by Gasteiger charge is -1.89. The molecular weight excluding hydrogens is 142 g/mol. The smallest absolute Gasteiger partial charge is 0.318 e. The van der Waals surface area contributed by atoms with E-state index in [-0.39, 0.29) is 0 Å². The molecule has 2 aromatic rings. The van der Waals surface area contributed by atoms with Crippen molar-refractivity contribution in [2.24, 2.45) is 0 Å². The largest absolute Gasteiger partial charge is 0.467 e. The summed E-state index contributed by atoms with van der Waals surface area (Å²) in [4.78, 5) is 0. The second-order valence-electron chi connectivity index (χ2n) is 2.19. The summed E-state index contributed by atoms with van der Waals surface area (Å²) < 4.78 is 9.83. The number of benzene rings is 1. The fraction of sp³-hybridized carbons (Fsp3) is 0.125. The van der Waals surface area contributed by atoms with Gasteiger partial charge in [-0.25, -0.2) is 0 Å². The van der Waals surface area contributed by atoms with Crippen LogP contribution >= 0.6 is 0 Å². The van der Waals surface area contributed by atoms with E-state index in [1.807, 2.05) is 24.3 Å². The monoisotopic (exact) mass is 149 g/mol. The summed E-state index contributed by atoms with van der Waals surface area (Å²) in [6.45, 7) is 0. The second-order valence-corrected chi connectivity index (χ2v) is 2.19. The van der Waals surface area contributed by atoms with Crippen molar-refractivity contribution in [1.29, 1.82) is 0 Å². The summed E-state index contributed by atoms with van der Waals surface area (Å²) in [5.41, 5.74) is 0.823. The summed E-state index contributed by atoms with van der Waals surface area (Å²) >= 11 is 0. The Balaban J connectivity index is 2.76. The molecule has 0 unspecified atom stereocenters. The van der Waals surface area contributed by atoms with E-state index in [0.717, 1.165) is 10.9 Å². The average Bonchev–Trinajstić information content (AvgIpc) is 2.47. The predicted octanol–water partition coefficient (Wildman–Crippen LogP) is 1.84. The maximum Gasteiger partial charge on any atom is 0.318 e. The van der Waals surface area contributed by atoms with Gasteiger partial charge in [0.1, 0.15) is 5.52 Å². The highest BCUT2D eigenvalue weighted by Gasteiger charge is 2.05. The van der Waals surface area contributed by atoms with Crippen LogP contribution < -0.4 is 4.74 Å². The second kappa shape index (κ2) is 2.27. The lowest BCUT2D eigenvalue weighted by Crippen LogP contribution is -1.77. The molecule has 0 radical (unpaired) electrons. The number of fused-ring (bicyclic) bond motifs is 1. The predicted molar refractivity (Wildman–Crippen MR) is 40.6 cm³/mol. The van der Waals surface area contributed by atoms with Crippen LogP contribution in [0, 0.1) is 0 Å². The molecule has 3 nitrogen and oxygen atoms in total. The van der Waals surface area contributed by atoms with Gasteiger partial charge in [0.2, 0.25) is 0 Å². The first kappa shape index (κ1) is 6.22. The van der Waals surface area contributed by atoms with E-state index in [4.69, 9.17) is 9.26 Å². The van der Waals surface area contributed by atoms with Gasteiger partial charge in [-0.2, -0.15) is 0 Å². The Hall–Kier alpha value is -1.51. The normalized spacial score (nSPS) is 10.3. The molecule has 1 aromatic heterocycles. The molecule has 0 bridgehead atoms. The lowest BCUT2D eigenvalue weighted by molar-refractivity contribution is 0.266. The third-order valence-corrected chi connectivity index (χ3v) is 1.54. The van der Waals surface area contributed by atoms with Crippen LogP contribution in [0.5, 0.6) is 5.95 Å². The van der Waals surface area contributed by atoms with Gasteiger partial charge in [-0.1, -0.05) is 17.3 Å². The van der Waals surface area contributed by atoms with Crippen molar-refractivity contribution in [2.75, 3.05) is 7.11 Å². The van der Waals surface area contributed by atoms with Crippen LogP contribution in [0.3, 0.4) is 0 Å². The molecule has 0 saturated carbocycles. The number of methoxy groups -OCH3 is 1. The Bertz CT molecular complexity index is 367. The number of hydrogen-bond acceptors (Lipinski definition) is 3. The molecule has 0 N–H and O–H groups in total. The Labute approximate surface area is 63.6 Å². The quantitative estimate of drug-likeness (QED) is 0.620. The molecule has 1 aromatic carbocycles. The molecule has 0 aliphatic heterocycles. The van der Waals surface area contributed by atoms with E-state index >= 15 is 0 Å². The van der Waals surface area contributed by atoms with Gasteiger partial charge in [0.15, 0.2) is 0 Å². The first-order valence-corrected chi connectivity index (χ1v) is 3.30. The van der Waals surface area contributed by atoms with Crippen LogP contribution in [0.25, 0.3) is 10.9 Å². The number of hydrogen-bond donors (Lipinski definition) is 0. The minimum absolute atomic E-state index is 0.473. The molecule has 0 aliphatic carbocycles. The molecular formula is C8H7NO2. The molecule has 0 amide bonds. The Morgan fingerprint density at radius 3 is 3.00 bits per heavy atom. The fourth-order valence-corrected chi connectivity index (χ4v) is 1.01. The Morgan fingerprint density at radius 2 is 2.18 bits per heavy atom. The van der Waals surface area contributed by atoms with Crippen LogP contribution in [0.15, 0.2) is 28.8 Å². The zero-order chi connectivity index (χ0) is 7.68. The van der Waals surface area contributed by atoms with Crippen LogP contribution in [-0.2, 0) is 0 Å². The maximum absolute atomic E-state index is 4.94. The first-order chi connectivity index (χ1) is 5.42. The van der Waals surface area contributed by atoms with E-state index in [2.05, 4.69) is 5.16 Å². The highest BCUT2D eigenvalue weighted by Crippen LogP contribution is 2.23. The van der Waals surface area contributed by atoms with Gasteiger partial charge in [0, 0.05) is 0 Å². The molecule has 56 valence electrons. The first-order valence-electron chi connectivity index (χ1n) is 3.30. The Morgan fingerprint density at radius 1 is 1.36 bits per heavy atom. The Kier molecular flexibility index (Phi) is 1.28. The zero-order valence-electron chi connectivity index (χ0n) is 6.07. The summed E-state index contributed by atoms with van der Waals surface area (Å²) in [6, 6.07) is 7.61. The summed E-state index contributed by atoms with van der Waals surface area (Å²) in [7, 11) is 1.56. The van der Waals surface area contributed by atoms with E-state index < -0.39 is 0 Å². The van der Waals surface area contributed by atoms with Crippen LogP contribution in [0.2, 0.25) is 0 Å². The van der Waals surface area contributed by atoms with Gasteiger partial charge in [-0.15, -0.1) is 0 Å². The van der Waals surface area contributed by atoms with Gasteiger partial charge in [-0.05, 0) is 12.1 Å². The van der Waals surface area contributed by atoms with Crippen molar-refractivity contribution in [2.45, 2.75) is 0 Å². The molecule has 3 heteroatoms. The highest BCUT2D eigenvalue weighted by molar-refractivity contribution is 5.82. The topological polar surface area (TPSA) is 35.3 Å². The number of nitrogens with zero attached hydrogens (tertiary/aromatic N) is 1. The third kappa shape index (κ3) is 0.852. The molecule has 0 aliphatic rings. The van der Waals surface area contributed by atoms with Crippen molar-refractivity contribution in [3.8, 4) is 5.95 Å². The number of rotatable bonds is 1.